The number of hydrogen-bond donors (Lipinski definition) is 1. The lowest BCUT2D eigenvalue weighted by Crippen LogP contribution is -2.32. The molecule has 19 heavy (non-hydrogen) atoms. The third-order valence-corrected chi connectivity index (χ3v) is 4.32. The predicted octanol–water partition coefficient (Wildman–Crippen LogP) is 2.82. The maximum Gasteiger partial charge on any atom is 0.0670 e. The molecule has 0 aromatic heterocycles. The first-order valence-electron chi connectivity index (χ1n) is 7.06. The fraction of sp³-hybridized carbons (Fsp3) is 0.600. The Morgan fingerprint density at radius 3 is 2.84 bits per heavy atom. The third kappa shape index (κ3) is 3.22. The maximum atomic E-state index is 6.42. The summed E-state index contributed by atoms with van der Waals surface area (Å²) in [6, 6.07) is 7.57. The minimum absolute atomic E-state index is 0.452. The molecule has 0 radical (unpaired) electrons. The minimum atomic E-state index is 0.452. The van der Waals surface area contributed by atoms with Gasteiger partial charge in [0.1, 0.15) is 0 Å². The summed E-state index contributed by atoms with van der Waals surface area (Å²) < 4.78 is 5.44. The van der Waals surface area contributed by atoms with Gasteiger partial charge in [-0.1, -0.05) is 17.7 Å². The van der Waals surface area contributed by atoms with Crippen LogP contribution in [0.2, 0.25) is 5.02 Å². The third-order valence-electron chi connectivity index (χ3n) is 4.02. The van der Waals surface area contributed by atoms with E-state index in [9.17, 15) is 0 Å². The lowest BCUT2D eigenvalue weighted by Gasteiger charge is -2.26. The van der Waals surface area contributed by atoms with Crippen LogP contribution in [0.4, 0.5) is 5.69 Å². The molecule has 2 aliphatic rings. The predicted molar refractivity (Wildman–Crippen MR) is 78.9 cm³/mol. The second kappa shape index (κ2) is 5.70. The van der Waals surface area contributed by atoms with Gasteiger partial charge < -0.3 is 15.0 Å². The molecule has 1 aromatic rings. The largest absolute Gasteiger partial charge is 0.379 e. The molecule has 1 saturated heterocycles. The zero-order chi connectivity index (χ0) is 13.2. The molecule has 2 fully saturated rings. The summed E-state index contributed by atoms with van der Waals surface area (Å²) in [5.74, 6) is 0. The van der Waals surface area contributed by atoms with Crippen LogP contribution in [0.3, 0.4) is 0 Å². The number of ether oxygens (including phenoxy) is 1. The number of halogens is 1. The molecule has 4 heteroatoms. The van der Waals surface area contributed by atoms with Crippen molar-refractivity contribution in [3.63, 3.8) is 0 Å². The van der Waals surface area contributed by atoms with E-state index in [1.165, 1.54) is 18.4 Å². The van der Waals surface area contributed by atoms with Crippen LogP contribution in [-0.4, -0.2) is 32.3 Å². The smallest absolute Gasteiger partial charge is 0.0670 e. The summed E-state index contributed by atoms with van der Waals surface area (Å²) in [4.78, 5) is 2.24. The fourth-order valence-corrected chi connectivity index (χ4v) is 2.86. The number of nitrogens with one attached hydrogen (secondary N) is 1. The van der Waals surface area contributed by atoms with Gasteiger partial charge in [-0.05, 0) is 37.0 Å². The summed E-state index contributed by atoms with van der Waals surface area (Å²) in [5.41, 5.74) is 2.36. The summed E-state index contributed by atoms with van der Waals surface area (Å²) in [6.07, 6.45) is 3.71. The molecule has 3 nitrogen and oxygen atoms in total. The van der Waals surface area contributed by atoms with Gasteiger partial charge in [0.25, 0.3) is 0 Å². The van der Waals surface area contributed by atoms with E-state index in [0.717, 1.165) is 42.9 Å². The van der Waals surface area contributed by atoms with Crippen LogP contribution >= 0.6 is 11.6 Å². The van der Waals surface area contributed by atoms with E-state index in [-0.39, 0.29) is 0 Å². The molecule has 0 spiro atoms. The fourth-order valence-electron chi connectivity index (χ4n) is 2.52. The minimum Gasteiger partial charge on any atom is -0.379 e. The van der Waals surface area contributed by atoms with Gasteiger partial charge in [0.05, 0.1) is 23.4 Å². The molecule has 1 saturated carbocycles. The highest BCUT2D eigenvalue weighted by molar-refractivity contribution is 6.33. The molecule has 1 N–H and O–H groups in total. The van der Waals surface area contributed by atoms with E-state index in [1.807, 2.05) is 0 Å². The van der Waals surface area contributed by atoms with E-state index >= 15 is 0 Å². The van der Waals surface area contributed by atoms with Crippen molar-refractivity contribution in [3.8, 4) is 0 Å². The second-order valence-corrected chi connectivity index (χ2v) is 5.98. The first-order chi connectivity index (χ1) is 9.24. The van der Waals surface area contributed by atoms with Gasteiger partial charge in [-0.25, -0.2) is 0 Å². The van der Waals surface area contributed by atoms with Gasteiger partial charge in [-0.2, -0.15) is 0 Å². The molecule has 1 atom stereocenters. The Labute approximate surface area is 119 Å². The molecule has 1 unspecified atom stereocenters. The lowest BCUT2D eigenvalue weighted by molar-refractivity contribution is 0.193. The zero-order valence-electron chi connectivity index (χ0n) is 11.4. The van der Waals surface area contributed by atoms with E-state index < -0.39 is 0 Å². The van der Waals surface area contributed by atoms with Crippen LogP contribution < -0.4 is 10.2 Å². The number of anilines is 1. The van der Waals surface area contributed by atoms with Crippen LogP contribution in [0, 0.1) is 0 Å². The molecular weight excluding hydrogens is 260 g/mol. The standard InChI is InChI=1S/C15H21ClN2O/c1-18(13-6-7-19-10-13)15-5-2-11(8-14(15)16)9-17-12-3-4-12/h2,5,8,12-13,17H,3-4,6-7,9-10H2,1H3. The Morgan fingerprint density at radius 1 is 1.37 bits per heavy atom. The molecular formula is C15H21ClN2O. The van der Waals surface area contributed by atoms with Gasteiger partial charge in [0, 0.05) is 26.2 Å². The van der Waals surface area contributed by atoms with Crippen molar-refractivity contribution in [2.24, 2.45) is 0 Å². The van der Waals surface area contributed by atoms with Crippen LogP contribution in [0.1, 0.15) is 24.8 Å². The first kappa shape index (κ1) is 13.2. The van der Waals surface area contributed by atoms with E-state index in [1.54, 1.807) is 0 Å². The molecule has 1 aromatic carbocycles. The first-order valence-corrected chi connectivity index (χ1v) is 7.44. The quantitative estimate of drug-likeness (QED) is 0.898. The zero-order valence-corrected chi connectivity index (χ0v) is 12.1. The summed E-state index contributed by atoms with van der Waals surface area (Å²) >= 11 is 6.42. The van der Waals surface area contributed by atoms with E-state index in [4.69, 9.17) is 16.3 Å². The highest BCUT2D eigenvalue weighted by Crippen LogP contribution is 2.29. The molecule has 3 rings (SSSR count). The lowest BCUT2D eigenvalue weighted by atomic mass is 10.1. The normalized spacial score (nSPS) is 22.7. The van der Waals surface area contributed by atoms with Crippen molar-refractivity contribution >= 4 is 17.3 Å². The van der Waals surface area contributed by atoms with Gasteiger partial charge in [0.15, 0.2) is 0 Å². The number of rotatable bonds is 5. The highest BCUT2D eigenvalue weighted by atomic mass is 35.5. The van der Waals surface area contributed by atoms with Crippen molar-refractivity contribution in [2.45, 2.75) is 37.9 Å². The number of benzene rings is 1. The van der Waals surface area contributed by atoms with Crippen molar-refractivity contribution < 1.29 is 4.74 Å². The Morgan fingerprint density at radius 2 is 2.21 bits per heavy atom. The molecule has 104 valence electrons. The van der Waals surface area contributed by atoms with Gasteiger partial charge in [0.2, 0.25) is 0 Å². The number of nitrogens with zero attached hydrogens (tertiary/aromatic N) is 1. The molecule has 0 amide bonds. The average Bonchev–Trinajstić information content (AvgIpc) is 3.07. The van der Waals surface area contributed by atoms with Crippen LogP contribution in [0.5, 0.6) is 0 Å². The summed E-state index contributed by atoms with van der Waals surface area (Å²) in [7, 11) is 2.10. The van der Waals surface area contributed by atoms with Gasteiger partial charge in [-0.15, -0.1) is 0 Å². The highest BCUT2D eigenvalue weighted by Gasteiger charge is 2.22. The van der Waals surface area contributed by atoms with Crippen molar-refractivity contribution in [2.75, 3.05) is 25.2 Å². The van der Waals surface area contributed by atoms with Crippen LogP contribution in [0.15, 0.2) is 18.2 Å². The molecule has 1 aliphatic carbocycles. The van der Waals surface area contributed by atoms with Crippen LogP contribution in [-0.2, 0) is 11.3 Å². The summed E-state index contributed by atoms with van der Waals surface area (Å²) in [5, 5.41) is 4.35. The average molecular weight is 281 g/mol. The second-order valence-electron chi connectivity index (χ2n) is 5.57. The Balaban J connectivity index is 1.67. The summed E-state index contributed by atoms with van der Waals surface area (Å²) in [6.45, 7) is 2.58. The van der Waals surface area contributed by atoms with Crippen molar-refractivity contribution in [1.29, 1.82) is 0 Å². The van der Waals surface area contributed by atoms with Gasteiger partial charge in [-0.3, -0.25) is 0 Å². The Hall–Kier alpha value is -0.770. The van der Waals surface area contributed by atoms with E-state index in [0.29, 0.717) is 6.04 Å². The van der Waals surface area contributed by atoms with Gasteiger partial charge >= 0.3 is 0 Å². The Kier molecular flexibility index (Phi) is 3.96. The molecule has 0 bridgehead atoms. The SMILES string of the molecule is CN(c1ccc(CNC2CC2)cc1Cl)C1CCOC1. The monoisotopic (exact) mass is 280 g/mol. The van der Waals surface area contributed by atoms with Crippen molar-refractivity contribution in [3.05, 3.63) is 28.8 Å². The number of likely N-dealkylation sites (N-methyl/N-ethyl adjacent to an activating group) is 1. The van der Waals surface area contributed by atoms with Crippen LogP contribution in [0.25, 0.3) is 0 Å². The van der Waals surface area contributed by atoms with Crippen molar-refractivity contribution in [1.82, 2.24) is 5.32 Å². The maximum absolute atomic E-state index is 6.42. The molecule has 1 aliphatic heterocycles. The topological polar surface area (TPSA) is 24.5 Å². The number of hydrogen-bond acceptors (Lipinski definition) is 3. The Bertz CT molecular complexity index is 442. The van der Waals surface area contributed by atoms with E-state index in [2.05, 4.69) is 35.5 Å². The molecule has 1 heterocycles.